The Labute approximate surface area is 149 Å². The van der Waals surface area contributed by atoms with Crippen molar-refractivity contribution in [2.75, 3.05) is 6.54 Å². The lowest BCUT2D eigenvalue weighted by Gasteiger charge is -2.28. The van der Waals surface area contributed by atoms with E-state index in [9.17, 15) is 9.59 Å². The maximum atomic E-state index is 12.9. The van der Waals surface area contributed by atoms with Gasteiger partial charge >= 0.3 is 0 Å². The van der Waals surface area contributed by atoms with Crippen LogP contribution in [-0.4, -0.2) is 34.5 Å². The van der Waals surface area contributed by atoms with Gasteiger partial charge in [-0.2, -0.15) is 0 Å². The van der Waals surface area contributed by atoms with Gasteiger partial charge in [-0.05, 0) is 31.6 Å². The molecular weight excluding hydrogens is 318 g/mol. The first-order valence-corrected chi connectivity index (χ1v) is 9.59. The first-order chi connectivity index (χ1) is 12.0. The maximum Gasteiger partial charge on any atom is 0.273 e. The third-order valence-electron chi connectivity index (χ3n) is 5.01. The summed E-state index contributed by atoms with van der Waals surface area (Å²) >= 11 is 0. The van der Waals surface area contributed by atoms with Crippen LogP contribution in [0, 0.1) is 11.8 Å². The van der Waals surface area contributed by atoms with E-state index in [0.717, 1.165) is 38.5 Å². The second-order valence-corrected chi connectivity index (χ2v) is 7.81. The van der Waals surface area contributed by atoms with E-state index in [2.05, 4.69) is 10.5 Å². The zero-order chi connectivity index (χ0) is 17.8. The first-order valence-electron chi connectivity index (χ1n) is 9.59. The molecule has 1 heterocycles. The second-order valence-electron chi connectivity index (χ2n) is 7.81. The molecule has 2 aliphatic carbocycles. The fourth-order valence-corrected chi connectivity index (χ4v) is 3.41. The lowest BCUT2D eigenvalue weighted by molar-refractivity contribution is -0.138. The molecule has 0 aromatic carbocycles. The molecule has 2 aliphatic rings. The molecule has 0 radical (unpaired) electrons. The van der Waals surface area contributed by atoms with Crippen LogP contribution >= 0.6 is 0 Å². The summed E-state index contributed by atoms with van der Waals surface area (Å²) in [6, 6.07) is 2.00. The summed E-state index contributed by atoms with van der Waals surface area (Å²) in [5.41, 5.74) is 0.288. The van der Waals surface area contributed by atoms with E-state index in [-0.39, 0.29) is 23.4 Å². The quantitative estimate of drug-likeness (QED) is 0.822. The summed E-state index contributed by atoms with van der Waals surface area (Å²) in [5.74, 6) is 1.16. The molecule has 1 aromatic rings. The van der Waals surface area contributed by atoms with Crippen LogP contribution in [-0.2, 0) is 11.3 Å². The second kappa shape index (κ2) is 8.02. The van der Waals surface area contributed by atoms with Gasteiger partial charge in [-0.1, -0.05) is 38.3 Å². The number of nitrogens with zero attached hydrogens (tertiary/aromatic N) is 2. The number of amides is 2. The van der Waals surface area contributed by atoms with Crippen LogP contribution in [0.5, 0.6) is 0 Å². The van der Waals surface area contributed by atoms with E-state index < -0.39 is 0 Å². The largest absolute Gasteiger partial charge is 0.359 e. The van der Waals surface area contributed by atoms with Crippen molar-refractivity contribution in [3.05, 3.63) is 17.5 Å². The molecule has 1 aromatic heterocycles. The predicted molar refractivity (Wildman–Crippen MR) is 93.8 cm³/mol. The van der Waals surface area contributed by atoms with E-state index in [1.807, 2.05) is 18.7 Å². The predicted octanol–water partition coefficient (Wildman–Crippen LogP) is 3.13. The summed E-state index contributed by atoms with van der Waals surface area (Å²) in [7, 11) is 0. The fraction of sp³-hybridized carbons (Fsp3) is 0.737. The summed E-state index contributed by atoms with van der Waals surface area (Å²) < 4.78 is 5.33. The molecule has 6 heteroatoms. The Balaban J connectivity index is 1.61. The zero-order valence-corrected chi connectivity index (χ0v) is 15.3. The van der Waals surface area contributed by atoms with Gasteiger partial charge in [0.25, 0.3) is 5.91 Å². The Morgan fingerprint density at radius 3 is 2.60 bits per heavy atom. The van der Waals surface area contributed by atoms with Crippen molar-refractivity contribution < 1.29 is 14.1 Å². The Morgan fingerprint density at radius 1 is 1.24 bits per heavy atom. The Bertz CT molecular complexity index is 601. The van der Waals surface area contributed by atoms with Gasteiger partial charge in [0.15, 0.2) is 11.5 Å². The van der Waals surface area contributed by atoms with E-state index in [1.54, 1.807) is 6.07 Å². The molecule has 138 valence electrons. The minimum atomic E-state index is -0.222. The van der Waals surface area contributed by atoms with Crippen LogP contribution in [0.1, 0.15) is 75.0 Å². The number of nitrogens with one attached hydrogen (secondary N) is 1. The van der Waals surface area contributed by atoms with Gasteiger partial charge in [0, 0.05) is 24.6 Å². The summed E-state index contributed by atoms with van der Waals surface area (Å²) in [4.78, 5) is 26.9. The van der Waals surface area contributed by atoms with Crippen molar-refractivity contribution in [2.24, 2.45) is 11.8 Å². The summed E-state index contributed by atoms with van der Waals surface area (Å²) in [6.07, 6.45) is 7.67. The average molecular weight is 347 g/mol. The molecule has 0 atom stereocenters. The van der Waals surface area contributed by atoms with Crippen LogP contribution in [0.4, 0.5) is 0 Å². The van der Waals surface area contributed by atoms with Crippen molar-refractivity contribution in [1.82, 2.24) is 15.4 Å². The standard InChI is InChI=1S/C19H29N3O3/c1-13(2)11-20-18(23)17-10-16(25-21-17)12-22(15-8-9-15)19(24)14-6-4-3-5-7-14/h10,13-15H,3-9,11-12H2,1-2H3,(H,20,23). The molecule has 3 rings (SSSR count). The molecule has 0 spiro atoms. The smallest absolute Gasteiger partial charge is 0.273 e. The normalized spacial score (nSPS) is 18.4. The van der Waals surface area contributed by atoms with Gasteiger partial charge in [-0.25, -0.2) is 0 Å². The molecule has 1 N–H and O–H groups in total. The third kappa shape index (κ3) is 4.83. The van der Waals surface area contributed by atoms with E-state index in [4.69, 9.17) is 4.52 Å². The van der Waals surface area contributed by atoms with E-state index in [0.29, 0.717) is 30.8 Å². The van der Waals surface area contributed by atoms with Gasteiger partial charge in [-0.3, -0.25) is 9.59 Å². The number of rotatable bonds is 7. The molecule has 0 aliphatic heterocycles. The highest BCUT2D eigenvalue weighted by atomic mass is 16.5. The van der Waals surface area contributed by atoms with Crippen molar-refractivity contribution in [3.8, 4) is 0 Å². The highest BCUT2D eigenvalue weighted by Gasteiger charge is 2.36. The van der Waals surface area contributed by atoms with E-state index >= 15 is 0 Å². The molecule has 0 unspecified atom stereocenters. The number of carbonyl (C=O) groups is 2. The Morgan fingerprint density at radius 2 is 1.96 bits per heavy atom. The van der Waals surface area contributed by atoms with Gasteiger partial charge in [0.05, 0.1) is 6.54 Å². The summed E-state index contributed by atoms with van der Waals surface area (Å²) in [5, 5.41) is 6.71. The molecule has 2 amide bonds. The molecule has 6 nitrogen and oxygen atoms in total. The van der Waals surface area contributed by atoms with Gasteiger partial charge < -0.3 is 14.7 Å². The lowest BCUT2D eigenvalue weighted by Crippen LogP contribution is -2.38. The van der Waals surface area contributed by atoms with Crippen molar-refractivity contribution in [1.29, 1.82) is 0 Å². The first kappa shape index (κ1) is 18.0. The SMILES string of the molecule is CC(C)CNC(=O)c1cc(CN(C(=O)C2CCCCC2)C2CC2)on1. The number of carbonyl (C=O) groups excluding carboxylic acids is 2. The van der Waals surface area contributed by atoms with E-state index in [1.165, 1.54) is 6.42 Å². The average Bonchev–Trinajstić information content (AvgIpc) is 3.35. The maximum absolute atomic E-state index is 12.9. The minimum Gasteiger partial charge on any atom is -0.359 e. The summed E-state index contributed by atoms with van der Waals surface area (Å²) in [6.45, 7) is 5.11. The lowest BCUT2D eigenvalue weighted by atomic mass is 9.88. The van der Waals surface area contributed by atoms with Crippen molar-refractivity contribution in [3.63, 3.8) is 0 Å². The molecule has 2 saturated carbocycles. The van der Waals surface area contributed by atoms with Crippen LogP contribution in [0.15, 0.2) is 10.6 Å². The highest BCUT2D eigenvalue weighted by Crippen LogP contribution is 2.33. The fourth-order valence-electron chi connectivity index (χ4n) is 3.41. The Hall–Kier alpha value is -1.85. The highest BCUT2D eigenvalue weighted by molar-refractivity contribution is 5.92. The number of hydrogen-bond acceptors (Lipinski definition) is 4. The number of aromatic nitrogens is 1. The minimum absolute atomic E-state index is 0.158. The zero-order valence-electron chi connectivity index (χ0n) is 15.3. The van der Waals surface area contributed by atoms with Crippen molar-refractivity contribution >= 4 is 11.8 Å². The van der Waals surface area contributed by atoms with Crippen LogP contribution in [0.2, 0.25) is 0 Å². The van der Waals surface area contributed by atoms with Crippen LogP contribution < -0.4 is 5.32 Å². The third-order valence-corrected chi connectivity index (χ3v) is 5.01. The molecule has 0 bridgehead atoms. The molecular formula is C19H29N3O3. The topological polar surface area (TPSA) is 75.4 Å². The van der Waals surface area contributed by atoms with Gasteiger partial charge in [-0.15, -0.1) is 0 Å². The van der Waals surface area contributed by atoms with Gasteiger partial charge in [0.1, 0.15) is 0 Å². The Kier molecular flexibility index (Phi) is 5.76. The number of hydrogen-bond donors (Lipinski definition) is 1. The monoisotopic (exact) mass is 347 g/mol. The molecule has 25 heavy (non-hydrogen) atoms. The van der Waals surface area contributed by atoms with Crippen LogP contribution in [0.3, 0.4) is 0 Å². The molecule has 2 fully saturated rings. The van der Waals surface area contributed by atoms with Gasteiger partial charge in [0.2, 0.25) is 5.91 Å². The van der Waals surface area contributed by atoms with Crippen LogP contribution in [0.25, 0.3) is 0 Å². The molecule has 0 saturated heterocycles. The van der Waals surface area contributed by atoms with Crippen molar-refractivity contribution in [2.45, 2.75) is 71.4 Å².